The Labute approximate surface area is 202 Å². The van der Waals surface area contributed by atoms with Gasteiger partial charge in [-0.2, -0.15) is 4.31 Å². The van der Waals surface area contributed by atoms with Gasteiger partial charge in [-0.3, -0.25) is 9.59 Å². The summed E-state index contributed by atoms with van der Waals surface area (Å²) in [6, 6.07) is 4.69. The number of sulfonamides is 1. The van der Waals surface area contributed by atoms with E-state index in [0.717, 1.165) is 32.1 Å². The second kappa shape index (κ2) is 10.0. The van der Waals surface area contributed by atoms with Gasteiger partial charge in [-0.15, -0.1) is 6.58 Å². The number of hydrogen-bond acceptors (Lipinski definition) is 4. The Morgan fingerprint density at radius 3 is 2.35 bits per heavy atom. The topological polar surface area (TPSA) is 79.7 Å². The molecule has 0 N–H and O–H groups in total. The third-order valence-corrected chi connectivity index (χ3v) is 8.86. The molecule has 34 heavy (non-hydrogen) atoms. The smallest absolute Gasteiger partial charge is 0.259 e. The molecule has 4 rings (SSSR count). The van der Waals surface area contributed by atoms with Gasteiger partial charge in [0.1, 0.15) is 5.56 Å². The van der Waals surface area contributed by atoms with Crippen molar-refractivity contribution in [2.75, 3.05) is 26.2 Å². The Balaban J connectivity index is 1.81. The summed E-state index contributed by atoms with van der Waals surface area (Å²) in [4.78, 5) is 28.9. The largest absolute Gasteiger partial charge is 0.343 e. The first-order valence-electron chi connectivity index (χ1n) is 12.3. The van der Waals surface area contributed by atoms with Crippen LogP contribution in [0.4, 0.5) is 0 Å². The molecule has 2 aromatic rings. The summed E-state index contributed by atoms with van der Waals surface area (Å²) < 4.78 is 30.1. The van der Waals surface area contributed by atoms with Crippen LogP contribution in [0.15, 0.2) is 46.7 Å². The van der Waals surface area contributed by atoms with Crippen LogP contribution in [0.3, 0.4) is 0 Å². The monoisotopic (exact) mass is 485 g/mol. The van der Waals surface area contributed by atoms with Gasteiger partial charge in [0.05, 0.1) is 10.4 Å². The Hall–Kier alpha value is -2.45. The Bertz CT molecular complexity index is 1230. The maximum Gasteiger partial charge on any atom is 0.259 e. The fourth-order valence-corrected chi connectivity index (χ4v) is 6.95. The van der Waals surface area contributed by atoms with Gasteiger partial charge in [-0.05, 0) is 49.3 Å². The van der Waals surface area contributed by atoms with E-state index in [1.807, 2.05) is 0 Å². The number of pyridine rings is 1. The summed E-state index contributed by atoms with van der Waals surface area (Å²) in [5, 5.41) is 0.252. The van der Waals surface area contributed by atoms with Crippen molar-refractivity contribution in [3.8, 4) is 0 Å². The molecule has 184 valence electrons. The fourth-order valence-electron chi connectivity index (χ4n) is 5.41. The maximum atomic E-state index is 13.5. The Morgan fingerprint density at radius 1 is 1.09 bits per heavy atom. The highest BCUT2D eigenvalue weighted by molar-refractivity contribution is 7.89. The lowest BCUT2D eigenvalue weighted by atomic mass is 9.91. The average Bonchev–Trinajstić information content (AvgIpc) is 3.10. The third kappa shape index (κ3) is 4.84. The summed E-state index contributed by atoms with van der Waals surface area (Å²) in [6.07, 6.45) is 8.07. The van der Waals surface area contributed by atoms with Crippen molar-refractivity contribution in [2.24, 2.45) is 11.8 Å². The molecule has 0 saturated carbocycles. The zero-order valence-corrected chi connectivity index (χ0v) is 21.0. The summed E-state index contributed by atoms with van der Waals surface area (Å²) >= 11 is 0. The van der Waals surface area contributed by atoms with E-state index in [9.17, 15) is 18.0 Å². The Morgan fingerprint density at radius 2 is 1.74 bits per heavy atom. The number of benzene rings is 1. The van der Waals surface area contributed by atoms with E-state index in [2.05, 4.69) is 20.4 Å². The van der Waals surface area contributed by atoms with Crippen LogP contribution in [0.2, 0.25) is 0 Å². The van der Waals surface area contributed by atoms with Crippen LogP contribution in [-0.4, -0.2) is 54.3 Å². The zero-order chi connectivity index (χ0) is 24.5. The van der Waals surface area contributed by atoms with E-state index in [1.54, 1.807) is 33.9 Å². The minimum Gasteiger partial charge on any atom is -0.343 e. The minimum atomic E-state index is -3.72. The van der Waals surface area contributed by atoms with Crippen LogP contribution >= 0.6 is 0 Å². The molecule has 2 aliphatic rings. The van der Waals surface area contributed by atoms with Gasteiger partial charge < -0.3 is 9.47 Å². The van der Waals surface area contributed by atoms with Crippen molar-refractivity contribution in [2.45, 2.75) is 57.4 Å². The first kappa shape index (κ1) is 24.7. The number of carbonyl (C=O) groups is 1. The molecule has 2 aliphatic heterocycles. The quantitative estimate of drug-likeness (QED) is 0.602. The molecule has 1 amide bonds. The first-order chi connectivity index (χ1) is 16.2. The molecular formula is C26H35N3O4S. The number of allylic oxidation sites excluding steroid dienone is 1. The summed E-state index contributed by atoms with van der Waals surface area (Å²) in [6.45, 7) is 10.7. The average molecular weight is 486 g/mol. The predicted molar refractivity (Wildman–Crippen MR) is 134 cm³/mol. The molecule has 0 bridgehead atoms. The number of likely N-dealkylation sites (tertiary alicyclic amines) is 1. The van der Waals surface area contributed by atoms with Gasteiger partial charge >= 0.3 is 0 Å². The maximum absolute atomic E-state index is 13.5. The van der Waals surface area contributed by atoms with Crippen molar-refractivity contribution in [3.05, 3.63) is 52.8 Å². The second-order valence-electron chi connectivity index (χ2n) is 9.97. The van der Waals surface area contributed by atoms with Crippen LogP contribution in [0.25, 0.3) is 10.9 Å². The molecule has 8 heteroatoms. The van der Waals surface area contributed by atoms with Crippen LogP contribution in [0.5, 0.6) is 0 Å². The molecule has 0 radical (unpaired) electrons. The van der Waals surface area contributed by atoms with Gasteiger partial charge in [0.15, 0.2) is 0 Å². The van der Waals surface area contributed by atoms with Crippen molar-refractivity contribution in [1.82, 2.24) is 13.8 Å². The molecule has 1 aromatic carbocycles. The second-order valence-corrected chi connectivity index (χ2v) is 11.9. The number of aromatic nitrogens is 1. The number of hydrogen-bond donors (Lipinski definition) is 0. The molecule has 3 heterocycles. The molecule has 0 spiro atoms. The molecule has 0 unspecified atom stereocenters. The van der Waals surface area contributed by atoms with E-state index in [1.165, 1.54) is 10.4 Å². The molecule has 2 atom stereocenters. The standard InChI is InChI=1S/C26H35N3O4S/c1-4-11-27-18-23(26(31)28-16-19(2)14-20(3)17-28)25(30)22-15-21(9-10-24(22)27)34(32,33)29-12-7-5-6-8-13-29/h4,9-10,15,18-20H,1,5-8,11-14,16-17H2,2-3H3/t19-,20+. The van der Waals surface area contributed by atoms with Gasteiger partial charge in [0.25, 0.3) is 5.91 Å². The van der Waals surface area contributed by atoms with E-state index >= 15 is 0 Å². The van der Waals surface area contributed by atoms with Gasteiger partial charge in [-0.1, -0.05) is 32.8 Å². The SMILES string of the molecule is C=CCn1cc(C(=O)N2C[C@H](C)C[C@H](C)C2)c(=O)c2cc(S(=O)(=O)N3CCCCCC3)ccc21. The van der Waals surface area contributed by atoms with Crippen molar-refractivity contribution in [1.29, 1.82) is 0 Å². The summed E-state index contributed by atoms with van der Waals surface area (Å²) in [5.74, 6) is 0.451. The molecule has 1 aromatic heterocycles. The lowest BCUT2D eigenvalue weighted by Crippen LogP contribution is -2.44. The van der Waals surface area contributed by atoms with E-state index in [0.29, 0.717) is 50.1 Å². The van der Waals surface area contributed by atoms with Crippen molar-refractivity contribution >= 4 is 26.8 Å². The van der Waals surface area contributed by atoms with Crippen LogP contribution in [0.1, 0.15) is 56.3 Å². The molecule has 2 fully saturated rings. The lowest BCUT2D eigenvalue weighted by Gasteiger charge is -2.35. The highest BCUT2D eigenvalue weighted by atomic mass is 32.2. The minimum absolute atomic E-state index is 0.0833. The normalized spacial score (nSPS) is 22.5. The number of piperidine rings is 1. The highest BCUT2D eigenvalue weighted by Crippen LogP contribution is 2.25. The molecule has 2 saturated heterocycles. The summed E-state index contributed by atoms with van der Waals surface area (Å²) in [5.41, 5.74) is 0.260. The van der Waals surface area contributed by atoms with E-state index < -0.39 is 15.5 Å². The van der Waals surface area contributed by atoms with Crippen LogP contribution < -0.4 is 5.43 Å². The van der Waals surface area contributed by atoms with E-state index in [-0.39, 0.29) is 21.8 Å². The van der Waals surface area contributed by atoms with Gasteiger partial charge in [-0.25, -0.2) is 8.42 Å². The van der Waals surface area contributed by atoms with Gasteiger partial charge in [0.2, 0.25) is 15.5 Å². The Kier molecular flexibility index (Phi) is 7.28. The highest BCUT2D eigenvalue weighted by Gasteiger charge is 2.29. The van der Waals surface area contributed by atoms with Gasteiger partial charge in [0, 0.05) is 44.3 Å². The van der Waals surface area contributed by atoms with E-state index in [4.69, 9.17) is 0 Å². The van der Waals surface area contributed by atoms with Crippen LogP contribution in [0, 0.1) is 11.8 Å². The number of carbonyl (C=O) groups excluding carboxylic acids is 1. The number of nitrogens with zero attached hydrogens (tertiary/aromatic N) is 3. The van der Waals surface area contributed by atoms with Crippen LogP contribution in [-0.2, 0) is 16.6 Å². The predicted octanol–water partition coefficient (Wildman–Crippen LogP) is 3.87. The van der Waals surface area contributed by atoms with Crippen molar-refractivity contribution < 1.29 is 13.2 Å². The third-order valence-electron chi connectivity index (χ3n) is 6.97. The summed E-state index contributed by atoms with van der Waals surface area (Å²) in [7, 11) is -3.72. The number of rotatable bonds is 5. The van der Waals surface area contributed by atoms with Crippen molar-refractivity contribution in [3.63, 3.8) is 0 Å². The first-order valence-corrected chi connectivity index (χ1v) is 13.7. The molecule has 0 aliphatic carbocycles. The fraction of sp³-hybridized carbons (Fsp3) is 0.538. The number of fused-ring (bicyclic) bond motifs is 1. The number of amides is 1. The molecular weight excluding hydrogens is 450 g/mol. The molecule has 7 nitrogen and oxygen atoms in total. The zero-order valence-electron chi connectivity index (χ0n) is 20.2. The lowest BCUT2D eigenvalue weighted by molar-refractivity contribution is 0.0621.